The second-order valence-corrected chi connectivity index (χ2v) is 10.2. The summed E-state index contributed by atoms with van der Waals surface area (Å²) in [5, 5.41) is 0. The minimum Gasteiger partial charge on any atom is -0.270 e. The molecule has 3 heteroatoms. The molecule has 0 radical (unpaired) electrons. The molecule has 4 aliphatic rings. The molecule has 0 aromatic carbocycles. The van der Waals surface area contributed by atoms with Gasteiger partial charge in [0.2, 0.25) is 0 Å². The fourth-order valence-corrected chi connectivity index (χ4v) is 9.30. The van der Waals surface area contributed by atoms with Crippen LogP contribution in [0.15, 0.2) is 9.98 Å². The summed E-state index contributed by atoms with van der Waals surface area (Å²) in [6, 6.07) is 0.498. The fraction of sp³-hybridized carbons (Fsp3) is 0.900. The Bertz CT molecular complexity index is 516. The van der Waals surface area contributed by atoms with Crippen molar-refractivity contribution in [2.45, 2.75) is 81.6 Å². The van der Waals surface area contributed by atoms with Gasteiger partial charge in [0.15, 0.2) is 0 Å². The van der Waals surface area contributed by atoms with Crippen LogP contribution in [0.25, 0.3) is 0 Å². The van der Waals surface area contributed by atoms with Crippen molar-refractivity contribution in [1.29, 1.82) is 0 Å². The summed E-state index contributed by atoms with van der Waals surface area (Å²) in [7, 11) is 0. The van der Waals surface area contributed by atoms with Crippen LogP contribution in [0.1, 0.15) is 71.6 Å². The molecule has 0 saturated heterocycles. The number of rotatable bonds is 0. The molecule has 0 amide bonds. The van der Waals surface area contributed by atoms with Gasteiger partial charge in [-0.25, -0.2) is 4.99 Å². The summed E-state index contributed by atoms with van der Waals surface area (Å²) in [6.45, 7) is 5.15. The zero-order valence-corrected chi connectivity index (χ0v) is 16.8. The van der Waals surface area contributed by atoms with E-state index in [1.165, 1.54) is 57.8 Å². The van der Waals surface area contributed by atoms with Crippen LogP contribution in [0.5, 0.6) is 0 Å². The SMILES string of the molecule is CC1C2CCCCCC3(C)CCCCC(C=NC=N2)C32C(I)C12. The van der Waals surface area contributed by atoms with Gasteiger partial charge in [0.05, 0.1) is 6.04 Å². The van der Waals surface area contributed by atoms with Gasteiger partial charge in [-0.1, -0.05) is 68.5 Å². The second-order valence-electron chi connectivity index (χ2n) is 8.86. The van der Waals surface area contributed by atoms with Crippen LogP contribution in [0.4, 0.5) is 0 Å². The Morgan fingerprint density at radius 1 is 1.04 bits per heavy atom. The summed E-state index contributed by atoms with van der Waals surface area (Å²) in [5.41, 5.74) is 1.01. The highest BCUT2D eigenvalue weighted by molar-refractivity contribution is 14.1. The summed E-state index contributed by atoms with van der Waals surface area (Å²) < 4.78 is 0.823. The van der Waals surface area contributed by atoms with Gasteiger partial charge in [-0.05, 0) is 48.3 Å². The van der Waals surface area contributed by atoms with Crippen molar-refractivity contribution in [3.63, 3.8) is 0 Å². The lowest BCUT2D eigenvalue weighted by Gasteiger charge is -2.43. The lowest BCUT2D eigenvalue weighted by atomic mass is 9.61. The predicted molar refractivity (Wildman–Crippen MR) is 107 cm³/mol. The van der Waals surface area contributed by atoms with Crippen LogP contribution in [-0.2, 0) is 0 Å². The highest BCUT2D eigenvalue weighted by Crippen LogP contribution is 2.77. The second kappa shape index (κ2) is 6.10. The van der Waals surface area contributed by atoms with E-state index in [4.69, 9.17) is 9.98 Å². The number of aliphatic imine (C=N–C) groups is 2. The quantitative estimate of drug-likeness (QED) is 0.352. The molecule has 3 aliphatic carbocycles. The van der Waals surface area contributed by atoms with E-state index in [-0.39, 0.29) is 0 Å². The Morgan fingerprint density at radius 2 is 1.78 bits per heavy atom. The van der Waals surface area contributed by atoms with Crippen molar-refractivity contribution in [2.75, 3.05) is 0 Å². The monoisotopic (exact) mass is 426 g/mol. The molecular weight excluding hydrogens is 395 g/mol. The van der Waals surface area contributed by atoms with Crippen LogP contribution in [-0.4, -0.2) is 22.5 Å². The van der Waals surface area contributed by atoms with E-state index in [2.05, 4.69) is 42.7 Å². The Morgan fingerprint density at radius 3 is 2.61 bits per heavy atom. The number of halogens is 1. The molecule has 3 fully saturated rings. The van der Waals surface area contributed by atoms with Gasteiger partial charge in [-0.3, -0.25) is 4.99 Å². The van der Waals surface area contributed by atoms with Crippen molar-refractivity contribution in [3.8, 4) is 0 Å². The maximum atomic E-state index is 4.90. The molecule has 7 unspecified atom stereocenters. The predicted octanol–water partition coefficient (Wildman–Crippen LogP) is 5.68. The summed E-state index contributed by atoms with van der Waals surface area (Å²) in [5.74, 6) is 2.24. The van der Waals surface area contributed by atoms with E-state index in [1.807, 2.05) is 6.34 Å². The third-order valence-electron chi connectivity index (χ3n) is 7.86. The number of alkyl halides is 1. The first-order chi connectivity index (χ1) is 11.1. The molecule has 23 heavy (non-hydrogen) atoms. The molecule has 0 aromatic heterocycles. The summed E-state index contributed by atoms with van der Waals surface area (Å²) in [4.78, 5) is 9.59. The van der Waals surface area contributed by atoms with Crippen molar-refractivity contribution in [2.24, 2.45) is 38.6 Å². The zero-order chi connectivity index (χ0) is 16.1. The van der Waals surface area contributed by atoms with Crippen LogP contribution in [0, 0.1) is 28.6 Å². The third kappa shape index (κ3) is 2.38. The lowest BCUT2D eigenvalue weighted by molar-refractivity contribution is 0.0751. The number of hydrogen-bond acceptors (Lipinski definition) is 2. The Kier molecular flexibility index (Phi) is 4.39. The standard InChI is InChI=1S/C20H31IN2/c1-14-16-9-4-3-6-10-19(2)11-7-5-8-15(12-22-13-23-16)20(19)17(14)18(20)21/h12-18H,3-11H2,1-2H3. The lowest BCUT2D eigenvalue weighted by Crippen LogP contribution is -2.39. The molecule has 1 heterocycles. The molecule has 128 valence electrons. The Balaban J connectivity index is 1.84. The van der Waals surface area contributed by atoms with Gasteiger partial charge in [0.1, 0.15) is 6.34 Å². The van der Waals surface area contributed by atoms with Crippen molar-refractivity contribution >= 4 is 35.1 Å². The van der Waals surface area contributed by atoms with Crippen molar-refractivity contribution < 1.29 is 0 Å². The Hall–Kier alpha value is 0.0700. The van der Waals surface area contributed by atoms with Gasteiger partial charge < -0.3 is 0 Å². The molecular formula is C20H31IN2. The van der Waals surface area contributed by atoms with E-state index in [1.54, 1.807) is 0 Å². The number of nitrogens with zero attached hydrogens (tertiary/aromatic N) is 2. The summed E-state index contributed by atoms with van der Waals surface area (Å²) in [6.07, 6.45) is 16.7. The minimum atomic E-state index is 0.496. The van der Waals surface area contributed by atoms with Crippen LogP contribution in [0.3, 0.4) is 0 Å². The third-order valence-corrected chi connectivity index (χ3v) is 9.66. The molecule has 0 aromatic rings. The molecule has 1 aliphatic heterocycles. The first kappa shape index (κ1) is 16.5. The van der Waals surface area contributed by atoms with E-state index >= 15 is 0 Å². The van der Waals surface area contributed by atoms with Crippen LogP contribution >= 0.6 is 22.6 Å². The Labute approximate surface area is 155 Å². The van der Waals surface area contributed by atoms with Crippen molar-refractivity contribution in [3.05, 3.63) is 0 Å². The highest BCUT2D eigenvalue weighted by atomic mass is 127. The molecule has 7 atom stereocenters. The average Bonchev–Trinajstić information content (AvgIpc) is 3.17. The van der Waals surface area contributed by atoms with Crippen LogP contribution < -0.4 is 0 Å². The zero-order valence-electron chi connectivity index (χ0n) is 14.7. The molecule has 3 saturated carbocycles. The maximum Gasteiger partial charge on any atom is 0.109 e. The van der Waals surface area contributed by atoms with E-state index in [0.29, 0.717) is 28.7 Å². The van der Waals surface area contributed by atoms with Gasteiger partial charge in [-0.15, -0.1) is 0 Å². The first-order valence-corrected chi connectivity index (χ1v) is 11.0. The van der Waals surface area contributed by atoms with E-state index in [0.717, 1.165) is 9.84 Å². The largest absolute Gasteiger partial charge is 0.270 e. The van der Waals surface area contributed by atoms with Crippen LogP contribution in [0.2, 0.25) is 0 Å². The van der Waals surface area contributed by atoms with Gasteiger partial charge in [-0.2, -0.15) is 0 Å². The number of hydrogen-bond donors (Lipinski definition) is 0. The molecule has 2 nitrogen and oxygen atoms in total. The molecule has 2 bridgehead atoms. The van der Waals surface area contributed by atoms with Crippen molar-refractivity contribution in [1.82, 2.24) is 0 Å². The van der Waals surface area contributed by atoms with Gasteiger partial charge in [0, 0.05) is 16.1 Å². The normalized spacial score (nSPS) is 52.7. The first-order valence-electron chi connectivity index (χ1n) is 9.80. The molecule has 4 rings (SSSR count). The van der Waals surface area contributed by atoms with E-state index in [9.17, 15) is 0 Å². The summed E-state index contributed by atoms with van der Waals surface area (Å²) >= 11 is 2.82. The maximum absolute atomic E-state index is 4.90. The topological polar surface area (TPSA) is 24.7 Å². The number of fused-ring (bicyclic) bond motifs is 1. The minimum absolute atomic E-state index is 0.496. The molecule has 1 spiro atoms. The average molecular weight is 426 g/mol. The fourth-order valence-electron chi connectivity index (χ4n) is 6.62. The van der Waals surface area contributed by atoms with E-state index < -0.39 is 0 Å². The molecule has 0 N–H and O–H groups in total. The van der Waals surface area contributed by atoms with Gasteiger partial charge >= 0.3 is 0 Å². The highest BCUT2D eigenvalue weighted by Gasteiger charge is 2.75. The smallest absolute Gasteiger partial charge is 0.109 e. The van der Waals surface area contributed by atoms with Gasteiger partial charge in [0.25, 0.3) is 0 Å².